The third kappa shape index (κ3) is 4.77. The van der Waals surface area contributed by atoms with Crippen LogP contribution in [0.1, 0.15) is 49.8 Å². The van der Waals surface area contributed by atoms with Gasteiger partial charge in [0.2, 0.25) is 11.8 Å². The fourth-order valence-electron chi connectivity index (χ4n) is 4.70. The van der Waals surface area contributed by atoms with E-state index in [2.05, 4.69) is 28.8 Å². The Labute approximate surface area is 189 Å². The van der Waals surface area contributed by atoms with Crippen LogP contribution in [-0.4, -0.2) is 24.5 Å². The van der Waals surface area contributed by atoms with E-state index in [1.807, 2.05) is 55.5 Å². The maximum atomic E-state index is 12.7. The van der Waals surface area contributed by atoms with Gasteiger partial charge in [-0.1, -0.05) is 60.7 Å². The van der Waals surface area contributed by atoms with Crippen LogP contribution in [0.15, 0.2) is 66.7 Å². The predicted octanol–water partition coefficient (Wildman–Crippen LogP) is 4.70. The molecule has 1 aliphatic rings. The molecule has 1 fully saturated rings. The molecule has 0 saturated carbocycles. The zero-order valence-corrected chi connectivity index (χ0v) is 18.7. The van der Waals surface area contributed by atoms with Crippen molar-refractivity contribution >= 4 is 22.6 Å². The number of ether oxygens (including phenoxy) is 1. The maximum Gasteiger partial charge on any atom is 0.220 e. The van der Waals surface area contributed by atoms with Crippen molar-refractivity contribution in [3.05, 3.63) is 77.9 Å². The fourth-order valence-corrected chi connectivity index (χ4v) is 4.70. The molecule has 2 atom stereocenters. The lowest BCUT2D eigenvalue weighted by molar-refractivity contribution is -0.123. The number of benzene rings is 3. The Morgan fingerprint density at radius 1 is 1.06 bits per heavy atom. The summed E-state index contributed by atoms with van der Waals surface area (Å²) in [7, 11) is 1.68. The number of amides is 2. The zero-order valence-electron chi connectivity index (χ0n) is 18.7. The van der Waals surface area contributed by atoms with E-state index in [0.717, 1.165) is 34.1 Å². The monoisotopic (exact) mass is 430 g/mol. The number of hydrogen-bond donors (Lipinski definition) is 2. The van der Waals surface area contributed by atoms with Gasteiger partial charge in [-0.15, -0.1) is 0 Å². The van der Waals surface area contributed by atoms with Crippen LogP contribution in [0.2, 0.25) is 0 Å². The van der Waals surface area contributed by atoms with Crippen LogP contribution >= 0.6 is 0 Å². The summed E-state index contributed by atoms with van der Waals surface area (Å²) in [4.78, 5) is 24.9. The van der Waals surface area contributed by atoms with Gasteiger partial charge in [-0.3, -0.25) is 9.59 Å². The van der Waals surface area contributed by atoms with Crippen molar-refractivity contribution in [2.75, 3.05) is 7.11 Å². The van der Waals surface area contributed by atoms with E-state index in [9.17, 15) is 9.59 Å². The molecule has 3 aromatic carbocycles. The smallest absolute Gasteiger partial charge is 0.220 e. The molecule has 5 heteroatoms. The molecule has 0 aromatic heterocycles. The van der Waals surface area contributed by atoms with Gasteiger partial charge in [-0.05, 0) is 48.8 Å². The highest BCUT2D eigenvalue weighted by Crippen LogP contribution is 2.35. The second-order valence-corrected chi connectivity index (χ2v) is 8.68. The van der Waals surface area contributed by atoms with Crippen molar-refractivity contribution < 1.29 is 14.3 Å². The van der Waals surface area contributed by atoms with Crippen molar-refractivity contribution in [3.8, 4) is 5.75 Å². The summed E-state index contributed by atoms with van der Waals surface area (Å²) >= 11 is 0. The van der Waals surface area contributed by atoms with E-state index in [1.54, 1.807) is 7.11 Å². The van der Waals surface area contributed by atoms with Crippen molar-refractivity contribution in [2.24, 2.45) is 0 Å². The van der Waals surface area contributed by atoms with Gasteiger partial charge in [0.25, 0.3) is 0 Å². The summed E-state index contributed by atoms with van der Waals surface area (Å²) in [5, 5.41) is 8.47. The van der Waals surface area contributed by atoms with E-state index < -0.39 is 5.54 Å². The van der Waals surface area contributed by atoms with Crippen LogP contribution < -0.4 is 15.4 Å². The Morgan fingerprint density at radius 3 is 2.47 bits per heavy atom. The van der Waals surface area contributed by atoms with Crippen molar-refractivity contribution in [3.63, 3.8) is 0 Å². The number of nitrogens with one attached hydrogen (secondary N) is 2. The molecule has 166 valence electrons. The first-order valence-electron chi connectivity index (χ1n) is 11.2. The summed E-state index contributed by atoms with van der Waals surface area (Å²) < 4.78 is 5.52. The van der Waals surface area contributed by atoms with Gasteiger partial charge >= 0.3 is 0 Å². The molecule has 0 radical (unpaired) electrons. The minimum atomic E-state index is -0.415. The molecule has 1 heterocycles. The predicted molar refractivity (Wildman–Crippen MR) is 127 cm³/mol. The molecule has 1 saturated heterocycles. The standard InChI is InChI=1S/C27H30N2O3/c1-19(20-8-4-3-5-9-20)28-25(30)14-16-27(17-15-26(31)29-27)18-21-12-13-24(32-2)23-11-7-6-10-22(21)23/h3-13,19H,14-18H2,1-2H3,(H,28,30)(H,29,31)/t19-,27?/m0/s1. The lowest BCUT2D eigenvalue weighted by Crippen LogP contribution is -2.44. The van der Waals surface area contributed by atoms with Gasteiger partial charge in [0.1, 0.15) is 5.75 Å². The average Bonchev–Trinajstić information content (AvgIpc) is 3.19. The summed E-state index contributed by atoms with van der Waals surface area (Å²) in [6.45, 7) is 1.99. The minimum Gasteiger partial charge on any atom is -0.496 e. The van der Waals surface area contributed by atoms with Gasteiger partial charge in [-0.2, -0.15) is 0 Å². The Kier molecular flexibility index (Phi) is 6.45. The normalized spacial score (nSPS) is 18.9. The van der Waals surface area contributed by atoms with Gasteiger partial charge in [0.05, 0.1) is 13.2 Å². The van der Waals surface area contributed by atoms with Gasteiger partial charge in [-0.25, -0.2) is 0 Å². The summed E-state index contributed by atoms with van der Waals surface area (Å²) in [5.74, 6) is 0.894. The molecule has 32 heavy (non-hydrogen) atoms. The molecule has 0 aliphatic carbocycles. The molecular formula is C27H30N2O3. The number of carbonyl (C=O) groups excluding carboxylic acids is 2. The van der Waals surface area contributed by atoms with Crippen molar-refractivity contribution in [2.45, 2.75) is 50.6 Å². The zero-order chi connectivity index (χ0) is 22.6. The molecule has 1 unspecified atom stereocenters. The fraction of sp³-hybridized carbons (Fsp3) is 0.333. The minimum absolute atomic E-state index is 0.00136. The van der Waals surface area contributed by atoms with Crippen molar-refractivity contribution in [1.82, 2.24) is 10.6 Å². The number of hydrogen-bond acceptors (Lipinski definition) is 3. The second-order valence-electron chi connectivity index (χ2n) is 8.68. The highest BCUT2D eigenvalue weighted by molar-refractivity contribution is 5.91. The quantitative estimate of drug-likeness (QED) is 0.544. The molecule has 1 aliphatic heterocycles. The van der Waals surface area contributed by atoms with Crippen LogP contribution in [0.5, 0.6) is 5.75 Å². The van der Waals surface area contributed by atoms with E-state index in [-0.39, 0.29) is 17.9 Å². The Balaban J connectivity index is 1.50. The Hall–Kier alpha value is -3.34. The van der Waals surface area contributed by atoms with Crippen LogP contribution in [0.3, 0.4) is 0 Å². The molecule has 5 nitrogen and oxygen atoms in total. The topological polar surface area (TPSA) is 67.4 Å². The Bertz CT molecular complexity index is 1110. The third-order valence-electron chi connectivity index (χ3n) is 6.47. The first-order chi connectivity index (χ1) is 15.5. The first kappa shape index (κ1) is 21.9. The SMILES string of the molecule is COc1ccc(CC2(CCC(=O)N[C@@H](C)c3ccccc3)CCC(=O)N2)c2ccccc12. The first-order valence-corrected chi connectivity index (χ1v) is 11.2. The number of methoxy groups -OCH3 is 1. The molecule has 3 aromatic rings. The summed E-state index contributed by atoms with van der Waals surface area (Å²) in [5.41, 5.74) is 1.82. The average molecular weight is 431 g/mol. The molecule has 0 bridgehead atoms. The van der Waals surface area contributed by atoms with E-state index in [1.165, 1.54) is 0 Å². The van der Waals surface area contributed by atoms with Crippen LogP contribution in [0.4, 0.5) is 0 Å². The van der Waals surface area contributed by atoms with Crippen LogP contribution in [0.25, 0.3) is 10.8 Å². The van der Waals surface area contributed by atoms with E-state index >= 15 is 0 Å². The van der Waals surface area contributed by atoms with Gasteiger partial charge < -0.3 is 15.4 Å². The van der Waals surface area contributed by atoms with Gasteiger partial charge in [0, 0.05) is 23.8 Å². The van der Waals surface area contributed by atoms with E-state index in [4.69, 9.17) is 4.74 Å². The molecule has 2 amide bonds. The maximum absolute atomic E-state index is 12.7. The second kappa shape index (κ2) is 9.43. The van der Waals surface area contributed by atoms with Crippen LogP contribution in [-0.2, 0) is 16.0 Å². The lowest BCUT2D eigenvalue weighted by Gasteiger charge is -2.30. The Morgan fingerprint density at radius 2 is 1.78 bits per heavy atom. The van der Waals surface area contributed by atoms with E-state index in [0.29, 0.717) is 25.7 Å². The number of carbonyl (C=O) groups is 2. The third-order valence-corrected chi connectivity index (χ3v) is 6.47. The number of rotatable bonds is 8. The van der Waals surface area contributed by atoms with Crippen molar-refractivity contribution in [1.29, 1.82) is 0 Å². The largest absolute Gasteiger partial charge is 0.496 e. The highest BCUT2D eigenvalue weighted by atomic mass is 16.5. The summed E-state index contributed by atoms with van der Waals surface area (Å²) in [6, 6.07) is 22.1. The molecule has 2 N–H and O–H groups in total. The molecular weight excluding hydrogens is 400 g/mol. The molecule has 0 spiro atoms. The van der Waals surface area contributed by atoms with Crippen LogP contribution in [0, 0.1) is 0 Å². The summed E-state index contributed by atoms with van der Waals surface area (Å²) in [6.07, 6.45) is 2.88. The number of fused-ring (bicyclic) bond motifs is 1. The lowest BCUT2D eigenvalue weighted by atomic mass is 9.83. The highest BCUT2D eigenvalue weighted by Gasteiger charge is 2.38. The van der Waals surface area contributed by atoms with Gasteiger partial charge in [0.15, 0.2) is 0 Å². The molecule has 4 rings (SSSR count).